The molecule has 0 aliphatic rings. The van der Waals surface area contributed by atoms with E-state index in [0.717, 1.165) is 17.0 Å². The van der Waals surface area contributed by atoms with Crippen molar-refractivity contribution in [1.29, 1.82) is 0 Å². The van der Waals surface area contributed by atoms with E-state index in [9.17, 15) is 4.39 Å². The Bertz CT molecular complexity index is 650. The summed E-state index contributed by atoms with van der Waals surface area (Å²) >= 11 is 6.00. The summed E-state index contributed by atoms with van der Waals surface area (Å²) in [6.07, 6.45) is 0. The third-order valence-electron chi connectivity index (χ3n) is 3.33. The monoisotopic (exact) mass is 452 g/mol. The average Bonchev–Trinajstić information content (AvgIpc) is 2.81. The van der Waals surface area contributed by atoms with Crippen LogP contribution in [0.25, 0.3) is 0 Å². The molecule has 0 saturated heterocycles. The normalized spacial score (nSPS) is 11.1. The lowest BCUT2D eigenvalue weighted by Gasteiger charge is -2.13. The predicted octanol–water partition coefficient (Wildman–Crippen LogP) is 3.57. The van der Waals surface area contributed by atoms with E-state index in [1.807, 2.05) is 13.8 Å². The molecule has 5 nitrogen and oxygen atoms in total. The zero-order valence-electron chi connectivity index (χ0n) is 13.1. The van der Waals surface area contributed by atoms with Gasteiger partial charge in [0.2, 0.25) is 0 Å². The van der Waals surface area contributed by atoms with E-state index < -0.39 is 0 Å². The van der Waals surface area contributed by atoms with Gasteiger partial charge in [-0.1, -0.05) is 22.8 Å². The van der Waals surface area contributed by atoms with Crippen LogP contribution in [0.2, 0.25) is 5.02 Å². The van der Waals surface area contributed by atoms with Gasteiger partial charge in [-0.05, 0) is 26.0 Å². The van der Waals surface area contributed by atoms with Gasteiger partial charge < -0.3 is 15.2 Å². The highest BCUT2D eigenvalue weighted by Gasteiger charge is 2.11. The summed E-state index contributed by atoms with van der Waals surface area (Å²) in [5.41, 5.74) is 2.22. The van der Waals surface area contributed by atoms with E-state index in [2.05, 4.69) is 20.8 Å². The van der Waals surface area contributed by atoms with Gasteiger partial charge in [0.25, 0.3) is 0 Å². The SMILES string of the molecule is CN=C(NCc1c(F)cccc1Cl)NCc1c(C)noc1C.I. The Balaban J connectivity index is 0.00000264. The van der Waals surface area contributed by atoms with Crippen LogP contribution in [0.1, 0.15) is 22.6 Å². The third-order valence-corrected chi connectivity index (χ3v) is 3.69. The molecule has 0 saturated carbocycles. The second-order valence-corrected chi connectivity index (χ2v) is 5.19. The first-order valence-corrected chi connectivity index (χ1v) is 7.20. The zero-order chi connectivity index (χ0) is 16.1. The minimum absolute atomic E-state index is 0. The van der Waals surface area contributed by atoms with Gasteiger partial charge in [-0.15, -0.1) is 24.0 Å². The molecule has 0 fully saturated rings. The van der Waals surface area contributed by atoms with Crippen molar-refractivity contribution in [3.8, 4) is 0 Å². The molecule has 126 valence electrons. The van der Waals surface area contributed by atoms with Crippen molar-refractivity contribution in [3.05, 3.63) is 51.6 Å². The molecule has 0 unspecified atom stereocenters. The highest BCUT2D eigenvalue weighted by Crippen LogP contribution is 2.18. The van der Waals surface area contributed by atoms with Gasteiger partial charge in [-0.3, -0.25) is 4.99 Å². The minimum atomic E-state index is -0.346. The summed E-state index contributed by atoms with van der Waals surface area (Å²) in [4.78, 5) is 4.10. The Kier molecular flexibility index (Phi) is 7.77. The number of aryl methyl sites for hydroxylation is 2. The predicted molar refractivity (Wildman–Crippen MR) is 99.8 cm³/mol. The molecule has 1 aromatic heterocycles. The van der Waals surface area contributed by atoms with Crippen molar-refractivity contribution in [3.63, 3.8) is 0 Å². The highest BCUT2D eigenvalue weighted by molar-refractivity contribution is 14.0. The zero-order valence-corrected chi connectivity index (χ0v) is 16.2. The van der Waals surface area contributed by atoms with Crippen molar-refractivity contribution in [2.75, 3.05) is 7.05 Å². The molecule has 0 bridgehead atoms. The summed E-state index contributed by atoms with van der Waals surface area (Å²) in [5, 5.41) is 10.4. The molecule has 1 aromatic carbocycles. The number of aromatic nitrogens is 1. The molecule has 0 amide bonds. The average molecular weight is 453 g/mol. The van der Waals surface area contributed by atoms with Crippen molar-refractivity contribution in [2.24, 2.45) is 4.99 Å². The van der Waals surface area contributed by atoms with E-state index in [0.29, 0.717) is 23.1 Å². The lowest BCUT2D eigenvalue weighted by molar-refractivity contribution is 0.392. The summed E-state index contributed by atoms with van der Waals surface area (Å²) < 4.78 is 18.8. The van der Waals surface area contributed by atoms with Gasteiger partial charge in [0.15, 0.2) is 5.96 Å². The Hall–Kier alpha value is -1.35. The molecular formula is C15H19ClFIN4O. The van der Waals surface area contributed by atoms with E-state index >= 15 is 0 Å². The Labute approximate surface area is 156 Å². The largest absolute Gasteiger partial charge is 0.361 e. The second-order valence-electron chi connectivity index (χ2n) is 4.78. The van der Waals surface area contributed by atoms with Crippen LogP contribution in [0, 0.1) is 19.7 Å². The quantitative estimate of drug-likeness (QED) is 0.423. The number of guanidine groups is 1. The number of nitrogens with zero attached hydrogens (tertiary/aromatic N) is 2. The maximum atomic E-state index is 13.7. The molecule has 23 heavy (non-hydrogen) atoms. The van der Waals surface area contributed by atoms with Crippen LogP contribution in [0.3, 0.4) is 0 Å². The lowest BCUT2D eigenvalue weighted by atomic mass is 10.2. The van der Waals surface area contributed by atoms with E-state index in [4.69, 9.17) is 16.1 Å². The lowest BCUT2D eigenvalue weighted by Crippen LogP contribution is -2.36. The summed E-state index contributed by atoms with van der Waals surface area (Å²) in [6.45, 7) is 4.49. The molecule has 2 N–H and O–H groups in total. The molecule has 2 aromatic rings. The maximum Gasteiger partial charge on any atom is 0.191 e. The van der Waals surface area contributed by atoms with Crippen LogP contribution >= 0.6 is 35.6 Å². The van der Waals surface area contributed by atoms with Crippen LogP contribution < -0.4 is 10.6 Å². The highest BCUT2D eigenvalue weighted by atomic mass is 127. The molecule has 1 heterocycles. The third kappa shape index (κ3) is 5.07. The number of aliphatic imine (C=N–C) groups is 1. The molecule has 0 aliphatic carbocycles. The van der Waals surface area contributed by atoms with Gasteiger partial charge in [-0.2, -0.15) is 0 Å². The maximum absolute atomic E-state index is 13.7. The molecule has 0 atom stereocenters. The van der Waals surface area contributed by atoms with E-state index in [1.54, 1.807) is 19.2 Å². The standard InChI is InChI=1S/C15H18ClFN4O.HI/c1-9-11(10(2)22-21-9)7-19-15(18-3)20-8-12-13(16)5-4-6-14(12)17;/h4-6H,7-8H2,1-3H3,(H2,18,19,20);1H. The van der Waals surface area contributed by atoms with E-state index in [1.165, 1.54) is 6.07 Å². The minimum Gasteiger partial charge on any atom is -0.361 e. The molecule has 2 rings (SSSR count). The number of halogens is 3. The van der Waals surface area contributed by atoms with Crippen molar-refractivity contribution < 1.29 is 8.91 Å². The number of hydrogen-bond donors (Lipinski definition) is 2. The molecule has 0 radical (unpaired) electrons. The number of hydrogen-bond acceptors (Lipinski definition) is 3. The molecule has 8 heteroatoms. The van der Waals surface area contributed by atoms with Crippen LogP contribution in [-0.4, -0.2) is 18.2 Å². The Morgan fingerprint density at radius 2 is 1.91 bits per heavy atom. The van der Waals surface area contributed by atoms with Gasteiger partial charge in [-0.25, -0.2) is 4.39 Å². The Morgan fingerprint density at radius 3 is 2.43 bits per heavy atom. The van der Waals surface area contributed by atoms with Crippen LogP contribution in [-0.2, 0) is 13.1 Å². The van der Waals surface area contributed by atoms with Gasteiger partial charge in [0, 0.05) is 36.3 Å². The van der Waals surface area contributed by atoms with Crippen LogP contribution in [0.15, 0.2) is 27.7 Å². The summed E-state index contributed by atoms with van der Waals surface area (Å²) in [6, 6.07) is 4.61. The van der Waals surface area contributed by atoms with Gasteiger partial charge in [0.1, 0.15) is 11.6 Å². The van der Waals surface area contributed by atoms with E-state index in [-0.39, 0.29) is 36.3 Å². The fourth-order valence-corrected chi connectivity index (χ4v) is 2.25. The smallest absolute Gasteiger partial charge is 0.191 e. The molecule has 0 aliphatic heterocycles. The first-order valence-electron chi connectivity index (χ1n) is 6.82. The molecule has 0 spiro atoms. The van der Waals surface area contributed by atoms with Crippen molar-refractivity contribution >= 4 is 41.5 Å². The van der Waals surface area contributed by atoms with Crippen molar-refractivity contribution in [1.82, 2.24) is 15.8 Å². The fraction of sp³-hybridized carbons (Fsp3) is 0.333. The van der Waals surface area contributed by atoms with Crippen molar-refractivity contribution in [2.45, 2.75) is 26.9 Å². The molecular weight excluding hydrogens is 434 g/mol. The Morgan fingerprint density at radius 1 is 1.26 bits per heavy atom. The first-order chi connectivity index (χ1) is 10.5. The summed E-state index contributed by atoms with van der Waals surface area (Å²) in [7, 11) is 1.64. The van der Waals surface area contributed by atoms with Crippen LogP contribution in [0.5, 0.6) is 0 Å². The number of rotatable bonds is 4. The second kappa shape index (κ2) is 9.07. The number of nitrogens with one attached hydrogen (secondary N) is 2. The van der Waals surface area contributed by atoms with Gasteiger partial charge in [0.05, 0.1) is 5.69 Å². The first kappa shape index (κ1) is 19.7. The number of benzene rings is 1. The fourth-order valence-electron chi connectivity index (χ4n) is 2.02. The topological polar surface area (TPSA) is 62.5 Å². The van der Waals surface area contributed by atoms with Crippen LogP contribution in [0.4, 0.5) is 4.39 Å². The summed E-state index contributed by atoms with van der Waals surface area (Å²) in [5.74, 6) is 0.957. The van der Waals surface area contributed by atoms with Gasteiger partial charge >= 0.3 is 0 Å².